The number of rotatable bonds is 4. The summed E-state index contributed by atoms with van der Waals surface area (Å²) in [4.78, 5) is 14.5. The third-order valence-corrected chi connectivity index (χ3v) is 2.61. The molecule has 0 spiro atoms. The van der Waals surface area contributed by atoms with Gasteiger partial charge >= 0.3 is 0 Å². The average Bonchev–Trinajstić information content (AvgIpc) is 2.17. The van der Waals surface area contributed by atoms with Crippen LogP contribution in [0, 0.1) is 17.0 Å². The van der Waals surface area contributed by atoms with Gasteiger partial charge in [-0.1, -0.05) is 6.92 Å². The number of hydrogen-bond donors (Lipinski definition) is 0. The summed E-state index contributed by atoms with van der Waals surface area (Å²) in [6.45, 7) is 3.75. The van der Waals surface area contributed by atoms with Gasteiger partial charge in [-0.05, 0) is 19.4 Å². The van der Waals surface area contributed by atoms with Crippen LogP contribution in [0.5, 0.6) is 0 Å². The predicted octanol–water partition coefficient (Wildman–Crippen LogP) is 2.86. The van der Waals surface area contributed by atoms with E-state index >= 15 is 0 Å². The van der Waals surface area contributed by atoms with Gasteiger partial charge in [0.2, 0.25) is 0 Å². The summed E-state index contributed by atoms with van der Waals surface area (Å²) < 4.78 is 0. The summed E-state index contributed by atoms with van der Waals surface area (Å²) in [6.07, 6.45) is 1.21. The van der Waals surface area contributed by atoms with Crippen LogP contribution in [0.3, 0.4) is 0 Å². The van der Waals surface area contributed by atoms with E-state index < -0.39 is 4.92 Å². The number of hydrogen-bond acceptors (Lipinski definition) is 3. The summed E-state index contributed by atoms with van der Waals surface area (Å²) in [5.41, 5.74) is 1.30. The highest BCUT2D eigenvalue weighted by Gasteiger charge is 2.17. The van der Waals surface area contributed by atoms with Crippen LogP contribution in [0.2, 0.25) is 0 Å². The Morgan fingerprint density at radius 3 is 2.80 bits per heavy atom. The number of nitrogens with zero attached hydrogens (tertiary/aromatic N) is 2. The van der Waals surface area contributed by atoms with Crippen molar-refractivity contribution in [3.8, 4) is 0 Å². The molecule has 1 rings (SSSR count). The fraction of sp³-hybridized carbons (Fsp3) is 0.500. The van der Waals surface area contributed by atoms with Crippen LogP contribution >= 0.6 is 11.6 Å². The quantitative estimate of drug-likeness (QED) is 0.452. The summed E-state index contributed by atoms with van der Waals surface area (Å²) in [6, 6.07) is 3.12. The molecular weight excluding hydrogens is 216 g/mol. The second kappa shape index (κ2) is 5.07. The van der Waals surface area contributed by atoms with Crippen molar-refractivity contribution in [1.82, 2.24) is 4.98 Å². The van der Waals surface area contributed by atoms with Crippen molar-refractivity contribution in [3.05, 3.63) is 33.6 Å². The molecular formula is C10H13ClN2O2. The molecule has 0 fully saturated rings. The highest BCUT2D eigenvalue weighted by atomic mass is 35.5. The fourth-order valence-electron chi connectivity index (χ4n) is 1.27. The number of halogens is 1. The molecule has 0 bridgehead atoms. The Hall–Kier alpha value is -1.16. The van der Waals surface area contributed by atoms with Crippen molar-refractivity contribution in [2.45, 2.75) is 32.1 Å². The molecule has 0 aliphatic carbocycles. The smallest absolute Gasteiger partial charge is 0.258 e. The Morgan fingerprint density at radius 2 is 2.27 bits per heavy atom. The second-order valence-corrected chi connectivity index (χ2v) is 4.00. The van der Waals surface area contributed by atoms with Gasteiger partial charge in [0.1, 0.15) is 5.69 Å². The van der Waals surface area contributed by atoms with E-state index in [1.165, 1.54) is 6.07 Å². The van der Waals surface area contributed by atoms with Crippen molar-refractivity contribution < 1.29 is 4.92 Å². The van der Waals surface area contributed by atoms with Crippen LogP contribution in [0.15, 0.2) is 12.1 Å². The van der Waals surface area contributed by atoms with Gasteiger partial charge in [-0.2, -0.15) is 0 Å². The van der Waals surface area contributed by atoms with Crippen molar-refractivity contribution >= 4 is 17.3 Å². The number of aromatic nitrogens is 1. The minimum absolute atomic E-state index is 0.0553. The SMILES string of the molecule is CCC(Cl)Cc1nc(C)ccc1[N+](=O)[O-]. The zero-order chi connectivity index (χ0) is 11.4. The molecule has 0 saturated carbocycles. The third kappa shape index (κ3) is 3.16. The molecule has 1 unspecified atom stereocenters. The van der Waals surface area contributed by atoms with Gasteiger partial charge in [0, 0.05) is 23.6 Å². The Balaban J connectivity index is 3.02. The Morgan fingerprint density at radius 1 is 1.60 bits per heavy atom. The molecule has 1 aromatic rings. The van der Waals surface area contributed by atoms with Gasteiger partial charge in [0.25, 0.3) is 5.69 Å². The van der Waals surface area contributed by atoms with E-state index in [1.54, 1.807) is 6.07 Å². The molecule has 0 N–H and O–H groups in total. The molecule has 0 aliphatic heterocycles. The molecule has 0 saturated heterocycles. The van der Waals surface area contributed by atoms with E-state index in [2.05, 4.69) is 4.98 Å². The number of aryl methyl sites for hydroxylation is 1. The summed E-state index contributed by atoms with van der Waals surface area (Å²) in [5.74, 6) is 0. The van der Waals surface area contributed by atoms with Crippen LogP contribution < -0.4 is 0 Å². The van der Waals surface area contributed by atoms with Crippen LogP contribution in [-0.4, -0.2) is 15.3 Å². The lowest BCUT2D eigenvalue weighted by Gasteiger charge is -2.06. The van der Waals surface area contributed by atoms with Crippen LogP contribution in [-0.2, 0) is 6.42 Å². The normalized spacial score (nSPS) is 12.5. The molecule has 0 amide bonds. The largest absolute Gasteiger partial charge is 0.290 e. The van der Waals surface area contributed by atoms with E-state index in [0.29, 0.717) is 12.1 Å². The Labute approximate surface area is 93.4 Å². The van der Waals surface area contributed by atoms with Gasteiger partial charge < -0.3 is 0 Å². The van der Waals surface area contributed by atoms with Gasteiger partial charge in [-0.25, -0.2) is 0 Å². The molecule has 0 aliphatic rings. The first-order valence-corrected chi connectivity index (χ1v) is 5.23. The first-order chi connectivity index (χ1) is 7.04. The minimum atomic E-state index is -0.416. The van der Waals surface area contributed by atoms with E-state index in [9.17, 15) is 10.1 Å². The van der Waals surface area contributed by atoms with E-state index in [1.807, 2.05) is 13.8 Å². The van der Waals surface area contributed by atoms with Crippen molar-refractivity contribution in [1.29, 1.82) is 0 Å². The van der Waals surface area contributed by atoms with Crippen LogP contribution in [0.4, 0.5) is 5.69 Å². The molecule has 1 aromatic heterocycles. The van der Waals surface area contributed by atoms with E-state index in [-0.39, 0.29) is 11.1 Å². The monoisotopic (exact) mass is 228 g/mol. The maximum atomic E-state index is 10.7. The third-order valence-electron chi connectivity index (χ3n) is 2.14. The summed E-state index contributed by atoms with van der Waals surface area (Å²) >= 11 is 5.97. The first-order valence-electron chi connectivity index (χ1n) is 4.79. The standard InChI is InChI=1S/C10H13ClN2O2/c1-3-8(11)6-9-10(13(14)15)5-4-7(2)12-9/h4-5,8H,3,6H2,1-2H3. The van der Waals surface area contributed by atoms with Gasteiger partial charge in [0.15, 0.2) is 0 Å². The van der Waals surface area contributed by atoms with Crippen molar-refractivity contribution in [2.24, 2.45) is 0 Å². The number of nitro groups is 1. The van der Waals surface area contributed by atoms with Crippen molar-refractivity contribution in [3.63, 3.8) is 0 Å². The van der Waals surface area contributed by atoms with Crippen LogP contribution in [0.25, 0.3) is 0 Å². The zero-order valence-electron chi connectivity index (χ0n) is 8.74. The molecule has 15 heavy (non-hydrogen) atoms. The molecule has 5 heteroatoms. The van der Waals surface area contributed by atoms with Gasteiger partial charge in [0.05, 0.1) is 4.92 Å². The maximum absolute atomic E-state index is 10.7. The Bertz CT molecular complexity index is 368. The van der Waals surface area contributed by atoms with Crippen molar-refractivity contribution in [2.75, 3.05) is 0 Å². The van der Waals surface area contributed by atoms with Gasteiger partial charge in [-0.3, -0.25) is 15.1 Å². The predicted molar refractivity (Wildman–Crippen MR) is 59.3 cm³/mol. The lowest BCUT2D eigenvalue weighted by Crippen LogP contribution is -2.07. The van der Waals surface area contributed by atoms with E-state index in [4.69, 9.17) is 11.6 Å². The first kappa shape index (κ1) is 11.9. The summed E-state index contributed by atoms with van der Waals surface area (Å²) in [5, 5.41) is 10.6. The van der Waals surface area contributed by atoms with Crippen LogP contribution in [0.1, 0.15) is 24.7 Å². The molecule has 0 radical (unpaired) electrons. The fourth-order valence-corrected chi connectivity index (χ4v) is 1.42. The topological polar surface area (TPSA) is 56.0 Å². The average molecular weight is 229 g/mol. The van der Waals surface area contributed by atoms with Gasteiger partial charge in [-0.15, -0.1) is 11.6 Å². The zero-order valence-corrected chi connectivity index (χ0v) is 9.49. The highest BCUT2D eigenvalue weighted by molar-refractivity contribution is 6.20. The van der Waals surface area contributed by atoms with E-state index in [0.717, 1.165) is 12.1 Å². The Kier molecular flexibility index (Phi) is 4.03. The number of pyridine rings is 1. The number of alkyl halides is 1. The summed E-state index contributed by atoms with van der Waals surface area (Å²) in [7, 11) is 0. The lowest BCUT2D eigenvalue weighted by molar-refractivity contribution is -0.385. The minimum Gasteiger partial charge on any atom is -0.258 e. The molecule has 1 heterocycles. The molecule has 0 aromatic carbocycles. The molecule has 82 valence electrons. The second-order valence-electron chi connectivity index (χ2n) is 3.39. The highest BCUT2D eigenvalue weighted by Crippen LogP contribution is 2.20. The maximum Gasteiger partial charge on any atom is 0.290 e. The lowest BCUT2D eigenvalue weighted by atomic mass is 10.1. The molecule has 1 atom stereocenters. The molecule has 4 nitrogen and oxygen atoms in total.